The van der Waals surface area contributed by atoms with Gasteiger partial charge in [-0.05, 0) is 51.8 Å². The summed E-state index contributed by atoms with van der Waals surface area (Å²) < 4.78 is 1.77. The van der Waals surface area contributed by atoms with Gasteiger partial charge in [0, 0.05) is 21.5 Å². The minimum atomic E-state index is -0.106. The predicted octanol–water partition coefficient (Wildman–Crippen LogP) is 4.82. The van der Waals surface area contributed by atoms with Gasteiger partial charge >= 0.3 is 0 Å². The molecule has 4 aromatic rings. The third kappa shape index (κ3) is 2.58. The van der Waals surface area contributed by atoms with Gasteiger partial charge in [0.05, 0.1) is 10.4 Å². The molecule has 1 aliphatic heterocycles. The van der Waals surface area contributed by atoms with E-state index in [-0.39, 0.29) is 11.1 Å². The van der Waals surface area contributed by atoms with E-state index in [9.17, 15) is 0 Å². The molecule has 1 aromatic carbocycles. The van der Waals surface area contributed by atoms with Gasteiger partial charge in [0.25, 0.3) is 0 Å². The number of benzene rings is 1. The molecule has 0 amide bonds. The summed E-state index contributed by atoms with van der Waals surface area (Å²) in [7, 11) is 0. The summed E-state index contributed by atoms with van der Waals surface area (Å²) in [6.45, 7) is 8.96. The number of thiophene rings is 1. The van der Waals surface area contributed by atoms with Gasteiger partial charge in [-0.15, -0.1) is 16.4 Å². The SMILES string of the molecule is CC1(C)Cc2c(sc3ncn4nc(-c5ccccc5Cl)nc4c23)C(C)(C)N1. The lowest BCUT2D eigenvalue weighted by Crippen LogP contribution is -2.54. The van der Waals surface area contributed by atoms with Gasteiger partial charge in [-0.25, -0.2) is 14.5 Å². The molecule has 138 valence electrons. The average Bonchev–Trinajstić information content (AvgIpc) is 3.15. The van der Waals surface area contributed by atoms with Crippen molar-refractivity contribution in [3.8, 4) is 11.4 Å². The number of nitrogens with zero attached hydrogens (tertiary/aromatic N) is 4. The van der Waals surface area contributed by atoms with Crippen LogP contribution in [0.2, 0.25) is 5.02 Å². The van der Waals surface area contributed by atoms with Crippen molar-refractivity contribution in [1.29, 1.82) is 0 Å². The van der Waals surface area contributed by atoms with Crippen molar-refractivity contribution in [3.05, 3.63) is 46.1 Å². The lowest BCUT2D eigenvalue weighted by atomic mass is 9.82. The number of hydrogen-bond acceptors (Lipinski definition) is 5. The minimum Gasteiger partial charge on any atom is -0.302 e. The highest BCUT2D eigenvalue weighted by atomic mass is 35.5. The van der Waals surface area contributed by atoms with E-state index in [1.165, 1.54) is 10.4 Å². The van der Waals surface area contributed by atoms with E-state index in [0.29, 0.717) is 10.8 Å². The van der Waals surface area contributed by atoms with E-state index in [1.54, 1.807) is 22.2 Å². The average molecular weight is 398 g/mol. The van der Waals surface area contributed by atoms with Crippen molar-refractivity contribution in [2.75, 3.05) is 0 Å². The number of nitrogens with one attached hydrogen (secondary N) is 1. The van der Waals surface area contributed by atoms with Crippen LogP contribution in [0.4, 0.5) is 0 Å². The summed E-state index contributed by atoms with van der Waals surface area (Å²) >= 11 is 8.11. The quantitative estimate of drug-likeness (QED) is 0.500. The second-order valence-electron chi connectivity index (χ2n) is 8.33. The Morgan fingerprint density at radius 3 is 2.74 bits per heavy atom. The first-order valence-electron chi connectivity index (χ1n) is 8.97. The van der Waals surface area contributed by atoms with Crippen LogP contribution < -0.4 is 5.32 Å². The molecule has 5 nitrogen and oxygen atoms in total. The first kappa shape index (κ1) is 17.1. The third-order valence-corrected chi connectivity index (χ3v) is 6.87. The molecule has 0 atom stereocenters. The molecular formula is C20H20ClN5S. The van der Waals surface area contributed by atoms with Crippen LogP contribution in [0.3, 0.4) is 0 Å². The van der Waals surface area contributed by atoms with Crippen molar-refractivity contribution in [2.24, 2.45) is 0 Å². The number of aromatic nitrogens is 4. The van der Waals surface area contributed by atoms with Crippen LogP contribution in [-0.4, -0.2) is 25.1 Å². The lowest BCUT2D eigenvalue weighted by molar-refractivity contribution is 0.248. The van der Waals surface area contributed by atoms with Crippen LogP contribution in [0.5, 0.6) is 0 Å². The summed E-state index contributed by atoms with van der Waals surface area (Å²) in [5, 5.41) is 10.2. The van der Waals surface area contributed by atoms with Crippen LogP contribution in [0.15, 0.2) is 30.6 Å². The zero-order valence-corrected chi connectivity index (χ0v) is 17.2. The second kappa shape index (κ2) is 5.50. The lowest BCUT2D eigenvalue weighted by Gasteiger charge is -2.42. The Balaban J connectivity index is 1.81. The molecule has 4 heterocycles. The van der Waals surface area contributed by atoms with Gasteiger partial charge < -0.3 is 5.32 Å². The number of halogens is 1. The molecule has 0 spiro atoms. The first-order valence-corrected chi connectivity index (χ1v) is 10.2. The van der Waals surface area contributed by atoms with Crippen molar-refractivity contribution >= 4 is 38.8 Å². The zero-order chi connectivity index (χ0) is 19.0. The van der Waals surface area contributed by atoms with Crippen molar-refractivity contribution in [1.82, 2.24) is 24.9 Å². The second-order valence-corrected chi connectivity index (χ2v) is 9.73. The Hall–Kier alpha value is -2.02. The van der Waals surface area contributed by atoms with Gasteiger partial charge in [-0.2, -0.15) is 0 Å². The highest BCUT2D eigenvalue weighted by molar-refractivity contribution is 7.19. The van der Waals surface area contributed by atoms with E-state index in [1.807, 2.05) is 24.3 Å². The highest BCUT2D eigenvalue weighted by Gasteiger charge is 2.39. The number of rotatable bonds is 1. The van der Waals surface area contributed by atoms with E-state index >= 15 is 0 Å². The Morgan fingerprint density at radius 1 is 1.19 bits per heavy atom. The summed E-state index contributed by atoms with van der Waals surface area (Å²) in [4.78, 5) is 11.9. The Kier molecular flexibility index (Phi) is 3.48. The van der Waals surface area contributed by atoms with E-state index in [0.717, 1.165) is 27.8 Å². The van der Waals surface area contributed by atoms with Gasteiger partial charge in [0.2, 0.25) is 0 Å². The molecule has 0 fully saturated rings. The van der Waals surface area contributed by atoms with Crippen molar-refractivity contribution < 1.29 is 0 Å². The molecule has 5 rings (SSSR count). The predicted molar refractivity (Wildman–Crippen MR) is 111 cm³/mol. The Bertz CT molecular complexity index is 1200. The molecule has 7 heteroatoms. The largest absolute Gasteiger partial charge is 0.302 e. The third-order valence-electron chi connectivity index (χ3n) is 5.08. The zero-order valence-electron chi connectivity index (χ0n) is 15.7. The number of hydrogen-bond donors (Lipinski definition) is 1. The van der Waals surface area contributed by atoms with E-state index < -0.39 is 0 Å². The van der Waals surface area contributed by atoms with Crippen LogP contribution >= 0.6 is 22.9 Å². The first-order chi connectivity index (χ1) is 12.8. The van der Waals surface area contributed by atoms with Crippen molar-refractivity contribution in [2.45, 2.75) is 45.2 Å². The minimum absolute atomic E-state index is 0.00290. The summed E-state index contributed by atoms with van der Waals surface area (Å²) in [5.41, 5.74) is 2.91. The molecule has 1 N–H and O–H groups in total. The fraction of sp³-hybridized carbons (Fsp3) is 0.350. The maximum Gasteiger partial charge on any atom is 0.183 e. The molecule has 0 saturated heterocycles. The maximum absolute atomic E-state index is 6.36. The Labute approximate surface area is 166 Å². The van der Waals surface area contributed by atoms with Gasteiger partial charge in [-0.3, -0.25) is 0 Å². The summed E-state index contributed by atoms with van der Waals surface area (Å²) in [6, 6.07) is 7.66. The highest BCUT2D eigenvalue weighted by Crippen LogP contribution is 2.44. The molecule has 27 heavy (non-hydrogen) atoms. The molecule has 0 radical (unpaired) electrons. The molecular weight excluding hydrogens is 378 g/mol. The fourth-order valence-corrected chi connectivity index (χ4v) is 5.71. The van der Waals surface area contributed by atoms with Gasteiger partial charge in [0.1, 0.15) is 11.2 Å². The maximum atomic E-state index is 6.36. The van der Waals surface area contributed by atoms with E-state index in [2.05, 4.69) is 43.1 Å². The van der Waals surface area contributed by atoms with Gasteiger partial charge in [0.15, 0.2) is 11.5 Å². The van der Waals surface area contributed by atoms with Crippen LogP contribution in [0.25, 0.3) is 27.3 Å². The molecule has 3 aromatic heterocycles. The fourth-order valence-electron chi connectivity index (χ4n) is 4.27. The van der Waals surface area contributed by atoms with Crippen molar-refractivity contribution in [3.63, 3.8) is 0 Å². The molecule has 0 unspecified atom stereocenters. The summed E-state index contributed by atoms with van der Waals surface area (Å²) in [5.74, 6) is 0.627. The Morgan fingerprint density at radius 2 is 1.96 bits per heavy atom. The molecule has 0 bridgehead atoms. The van der Waals surface area contributed by atoms with Gasteiger partial charge in [-0.1, -0.05) is 23.7 Å². The van der Waals surface area contributed by atoms with Crippen LogP contribution in [0.1, 0.15) is 38.1 Å². The monoisotopic (exact) mass is 397 g/mol. The van der Waals surface area contributed by atoms with Crippen LogP contribution in [0, 0.1) is 0 Å². The molecule has 1 aliphatic rings. The van der Waals surface area contributed by atoms with E-state index in [4.69, 9.17) is 16.6 Å². The molecule has 0 saturated carbocycles. The smallest absolute Gasteiger partial charge is 0.183 e. The topological polar surface area (TPSA) is 55.1 Å². The number of fused-ring (bicyclic) bond motifs is 5. The standard InChI is InChI=1S/C20H20ClN5S/c1-19(2)9-12-14-17-23-16(11-7-5-6-8-13(11)21)24-26(17)10-22-18(14)27-15(12)20(3,4)25-19/h5-8,10,25H,9H2,1-4H3. The normalized spacial score (nSPS) is 18.1. The summed E-state index contributed by atoms with van der Waals surface area (Å²) in [6.07, 6.45) is 2.68. The molecule has 0 aliphatic carbocycles. The van der Waals surface area contributed by atoms with Crippen LogP contribution in [-0.2, 0) is 12.0 Å².